The van der Waals surface area contributed by atoms with Crippen LogP contribution in [0.5, 0.6) is 0 Å². The second kappa shape index (κ2) is 10.4. The number of piperidine rings is 1. The van der Waals surface area contributed by atoms with Crippen molar-refractivity contribution in [3.8, 4) is 0 Å². The number of hydrogen-bond donors (Lipinski definition) is 2. The Kier molecular flexibility index (Phi) is 7.86. The van der Waals surface area contributed by atoms with E-state index in [0.717, 1.165) is 55.1 Å². The summed E-state index contributed by atoms with van der Waals surface area (Å²) in [5.41, 5.74) is 3.48. The predicted octanol–water partition coefficient (Wildman–Crippen LogP) is 2.91. The van der Waals surface area contributed by atoms with E-state index in [9.17, 15) is 13.2 Å². The lowest BCUT2D eigenvalue weighted by molar-refractivity contribution is 0.170. The normalized spacial score (nSPS) is 15.7. The third-order valence-corrected chi connectivity index (χ3v) is 7.75. The molecule has 9 heteroatoms. The number of carbonyl (C=O) groups is 1. The van der Waals surface area contributed by atoms with Crippen molar-refractivity contribution in [1.82, 2.24) is 19.5 Å². The monoisotopic (exact) mass is 459 g/mol. The fraction of sp³-hybridized carbons (Fsp3) is 0.478. The van der Waals surface area contributed by atoms with E-state index in [4.69, 9.17) is 0 Å². The maximum atomic E-state index is 12.9. The fourth-order valence-electron chi connectivity index (χ4n) is 3.99. The van der Waals surface area contributed by atoms with Gasteiger partial charge in [0.1, 0.15) is 0 Å². The molecule has 8 nitrogen and oxygen atoms in total. The van der Waals surface area contributed by atoms with E-state index in [1.807, 2.05) is 45.0 Å². The Balaban J connectivity index is 1.42. The van der Waals surface area contributed by atoms with Gasteiger partial charge in [0, 0.05) is 43.3 Å². The Labute approximate surface area is 191 Å². The van der Waals surface area contributed by atoms with Crippen LogP contribution in [-0.4, -0.2) is 67.9 Å². The summed E-state index contributed by atoms with van der Waals surface area (Å²) in [6, 6.07) is 10.4. The number of sulfonamides is 1. The molecule has 0 spiro atoms. The van der Waals surface area contributed by atoms with Gasteiger partial charge < -0.3 is 15.5 Å². The van der Waals surface area contributed by atoms with Crippen LogP contribution in [0.1, 0.15) is 29.8 Å². The van der Waals surface area contributed by atoms with Gasteiger partial charge in [-0.3, -0.25) is 4.98 Å². The highest BCUT2D eigenvalue weighted by Crippen LogP contribution is 2.23. The van der Waals surface area contributed by atoms with E-state index in [1.165, 1.54) is 4.31 Å². The Morgan fingerprint density at radius 2 is 1.69 bits per heavy atom. The Bertz CT molecular complexity index is 1010. The summed E-state index contributed by atoms with van der Waals surface area (Å²) in [5.74, 6) is 0. The van der Waals surface area contributed by atoms with Crippen LogP contribution in [0.25, 0.3) is 0 Å². The maximum absolute atomic E-state index is 12.9. The largest absolute Gasteiger partial charge is 0.337 e. The van der Waals surface area contributed by atoms with Crippen LogP contribution in [0.3, 0.4) is 0 Å². The van der Waals surface area contributed by atoms with Gasteiger partial charge in [-0.2, -0.15) is 4.31 Å². The number of nitrogens with one attached hydrogen (secondary N) is 2. The number of rotatable bonds is 7. The van der Waals surface area contributed by atoms with E-state index < -0.39 is 10.0 Å². The highest BCUT2D eigenvalue weighted by molar-refractivity contribution is 7.89. The Hall–Kier alpha value is -2.49. The van der Waals surface area contributed by atoms with Crippen LogP contribution in [-0.2, 0) is 10.0 Å². The predicted molar refractivity (Wildman–Crippen MR) is 126 cm³/mol. The molecule has 2 heterocycles. The van der Waals surface area contributed by atoms with Crippen LogP contribution in [0.2, 0.25) is 0 Å². The lowest BCUT2D eigenvalue weighted by atomic mass is 10.1. The van der Waals surface area contributed by atoms with Gasteiger partial charge in [0.05, 0.1) is 4.90 Å². The van der Waals surface area contributed by atoms with Crippen molar-refractivity contribution in [1.29, 1.82) is 0 Å². The van der Waals surface area contributed by atoms with Gasteiger partial charge in [0.15, 0.2) is 0 Å². The van der Waals surface area contributed by atoms with Crippen molar-refractivity contribution in [2.24, 2.45) is 0 Å². The quantitative estimate of drug-likeness (QED) is 0.664. The number of likely N-dealkylation sites (tertiary alicyclic amines) is 1. The summed E-state index contributed by atoms with van der Waals surface area (Å²) in [4.78, 5) is 19.0. The summed E-state index contributed by atoms with van der Waals surface area (Å²) >= 11 is 0. The lowest BCUT2D eigenvalue weighted by Crippen LogP contribution is -2.47. The topological polar surface area (TPSA) is 94.6 Å². The van der Waals surface area contributed by atoms with E-state index in [2.05, 4.69) is 20.5 Å². The summed E-state index contributed by atoms with van der Waals surface area (Å²) in [5, 5.41) is 5.72. The number of aryl methyl sites for hydroxylation is 3. The number of nitrogens with zero attached hydrogens (tertiary/aromatic N) is 3. The van der Waals surface area contributed by atoms with Crippen LogP contribution < -0.4 is 10.6 Å². The molecule has 0 radical (unpaired) electrons. The average Bonchev–Trinajstić information content (AvgIpc) is 2.73. The molecule has 1 aliphatic rings. The van der Waals surface area contributed by atoms with Crippen LogP contribution in [0, 0.1) is 20.8 Å². The van der Waals surface area contributed by atoms with Crippen molar-refractivity contribution >= 4 is 21.7 Å². The molecule has 0 atom stereocenters. The van der Waals surface area contributed by atoms with E-state index in [-0.39, 0.29) is 12.1 Å². The Morgan fingerprint density at radius 3 is 2.28 bits per heavy atom. The Morgan fingerprint density at radius 1 is 1.09 bits per heavy atom. The van der Waals surface area contributed by atoms with Gasteiger partial charge >= 0.3 is 6.03 Å². The molecular weight excluding hydrogens is 426 g/mol. The first-order chi connectivity index (χ1) is 15.1. The second-order valence-electron chi connectivity index (χ2n) is 8.43. The van der Waals surface area contributed by atoms with Crippen molar-refractivity contribution in [3.63, 3.8) is 0 Å². The first-order valence-electron chi connectivity index (χ1n) is 10.9. The van der Waals surface area contributed by atoms with Crippen molar-refractivity contribution < 1.29 is 13.2 Å². The van der Waals surface area contributed by atoms with Crippen LogP contribution in [0.4, 0.5) is 10.5 Å². The number of urea groups is 1. The number of aromatic nitrogens is 1. The fourth-order valence-corrected chi connectivity index (χ4v) is 5.40. The van der Waals surface area contributed by atoms with Gasteiger partial charge in [0.25, 0.3) is 0 Å². The lowest BCUT2D eigenvalue weighted by Gasteiger charge is -2.36. The highest BCUT2D eigenvalue weighted by atomic mass is 32.2. The molecule has 3 rings (SSSR count). The summed E-state index contributed by atoms with van der Waals surface area (Å²) < 4.78 is 27.3. The van der Waals surface area contributed by atoms with Gasteiger partial charge in [-0.25, -0.2) is 13.2 Å². The van der Waals surface area contributed by atoms with Gasteiger partial charge in [-0.15, -0.1) is 0 Å². The molecule has 0 saturated carbocycles. The minimum atomic E-state index is -3.49. The summed E-state index contributed by atoms with van der Waals surface area (Å²) in [6.07, 6.45) is 1.53. The third kappa shape index (κ3) is 6.27. The molecule has 1 aromatic carbocycles. The van der Waals surface area contributed by atoms with E-state index >= 15 is 0 Å². The standard InChI is InChI=1S/C23H33N5O3S/c1-17-5-7-22(8-6-17)32(30,31)27(4)21-9-12-28(13-10-21)14-11-24-23(29)26-20-15-18(2)25-19(3)16-20/h5-8,15-16,21H,9-14H2,1-4H3,(H2,24,25,26,29). The van der Waals surface area contributed by atoms with Crippen molar-refractivity contribution in [2.75, 3.05) is 38.5 Å². The first-order valence-corrected chi connectivity index (χ1v) is 12.4. The zero-order chi connectivity index (χ0) is 23.3. The molecule has 1 fully saturated rings. The summed E-state index contributed by atoms with van der Waals surface area (Å²) in [6.45, 7) is 8.57. The number of carbonyl (C=O) groups excluding carboxylic acids is 1. The number of benzene rings is 1. The molecule has 1 aliphatic heterocycles. The number of anilines is 1. The maximum Gasteiger partial charge on any atom is 0.319 e. The van der Waals surface area contributed by atoms with Crippen LogP contribution in [0.15, 0.2) is 41.3 Å². The smallest absolute Gasteiger partial charge is 0.319 e. The second-order valence-corrected chi connectivity index (χ2v) is 10.4. The number of pyridine rings is 1. The molecule has 1 aromatic heterocycles. The van der Waals surface area contributed by atoms with Gasteiger partial charge in [0.2, 0.25) is 10.0 Å². The van der Waals surface area contributed by atoms with Crippen LogP contribution >= 0.6 is 0 Å². The summed E-state index contributed by atoms with van der Waals surface area (Å²) in [7, 11) is -1.82. The molecule has 174 valence electrons. The molecule has 2 amide bonds. The zero-order valence-electron chi connectivity index (χ0n) is 19.3. The number of amides is 2. The zero-order valence-corrected chi connectivity index (χ0v) is 20.1. The van der Waals surface area contributed by atoms with E-state index in [1.54, 1.807) is 19.2 Å². The molecule has 0 bridgehead atoms. The molecule has 32 heavy (non-hydrogen) atoms. The highest BCUT2D eigenvalue weighted by Gasteiger charge is 2.30. The SMILES string of the molecule is Cc1ccc(S(=O)(=O)N(C)C2CCN(CCNC(=O)Nc3cc(C)nc(C)c3)CC2)cc1. The van der Waals surface area contributed by atoms with Crippen molar-refractivity contribution in [3.05, 3.63) is 53.3 Å². The molecule has 0 unspecified atom stereocenters. The van der Waals surface area contributed by atoms with Gasteiger partial charge in [-0.1, -0.05) is 17.7 Å². The molecule has 2 aromatic rings. The molecular formula is C23H33N5O3S. The first kappa shape index (κ1) is 24.2. The molecule has 0 aliphatic carbocycles. The minimum Gasteiger partial charge on any atom is -0.337 e. The van der Waals surface area contributed by atoms with Crippen molar-refractivity contribution in [2.45, 2.75) is 44.6 Å². The van der Waals surface area contributed by atoms with E-state index in [0.29, 0.717) is 11.4 Å². The third-order valence-electron chi connectivity index (χ3n) is 5.82. The average molecular weight is 460 g/mol. The minimum absolute atomic E-state index is 0.0213. The molecule has 2 N–H and O–H groups in total. The number of hydrogen-bond acceptors (Lipinski definition) is 5. The van der Waals surface area contributed by atoms with Gasteiger partial charge in [-0.05, 0) is 71.0 Å². The molecule has 1 saturated heterocycles.